The number of hydrogen-bond donors (Lipinski definition) is 1. The molecule has 1 saturated heterocycles. The fraction of sp³-hybridized carbons (Fsp3) is 0.235. The number of rotatable bonds is 8. The monoisotopic (exact) mass is 639 g/mol. The van der Waals surface area contributed by atoms with Crippen molar-refractivity contribution in [1.82, 2.24) is 9.47 Å². The van der Waals surface area contributed by atoms with Crippen LogP contribution in [0.25, 0.3) is 11.0 Å². The van der Waals surface area contributed by atoms with Gasteiger partial charge < -0.3 is 14.7 Å². The number of thioether (sulfide) groups is 1. The van der Waals surface area contributed by atoms with Crippen LogP contribution < -0.4 is 19.7 Å². The van der Waals surface area contributed by atoms with E-state index in [-0.39, 0.29) is 35.9 Å². The molecular weight excluding hydrogens is 611 g/mol. The normalized spacial score (nSPS) is 20.6. The Balaban J connectivity index is 1.28. The quantitative estimate of drug-likeness (QED) is 0.287. The summed E-state index contributed by atoms with van der Waals surface area (Å²) >= 11 is 1.89. The maximum Gasteiger partial charge on any atom is 0.294 e. The van der Waals surface area contributed by atoms with E-state index in [9.17, 15) is 24.3 Å². The van der Waals surface area contributed by atoms with Crippen LogP contribution in [0.15, 0.2) is 77.6 Å². The highest BCUT2D eigenvalue weighted by atomic mass is 32.2. The first kappa shape index (κ1) is 29.3. The molecule has 2 amide bonds. The number of anilines is 2. The number of imide groups is 1. The van der Waals surface area contributed by atoms with E-state index in [1.165, 1.54) is 10.1 Å². The van der Waals surface area contributed by atoms with E-state index >= 15 is 0 Å². The van der Waals surface area contributed by atoms with Crippen molar-refractivity contribution in [2.45, 2.75) is 51.1 Å². The SMILES string of the molecule is O=COCn1c(=C2SC(=O)N(Cc3ccccc3)C2=O)sc(=Cc2ccc3c(c2)C2CCCC2N3c2ccc(CO)cc2)c1=O. The summed E-state index contributed by atoms with van der Waals surface area (Å²) in [7, 11) is 0. The van der Waals surface area contributed by atoms with E-state index in [0.717, 1.165) is 75.3 Å². The maximum atomic E-state index is 13.6. The Hall–Kier alpha value is -4.45. The number of amides is 2. The molecule has 9 nitrogen and oxygen atoms in total. The third kappa shape index (κ3) is 5.30. The number of hydrogen-bond acceptors (Lipinski definition) is 9. The summed E-state index contributed by atoms with van der Waals surface area (Å²) in [6.45, 7) is 0.00240. The molecule has 3 aliphatic rings. The zero-order valence-corrected chi connectivity index (χ0v) is 25.8. The van der Waals surface area contributed by atoms with Crippen molar-refractivity contribution in [2.75, 3.05) is 4.90 Å². The summed E-state index contributed by atoms with van der Waals surface area (Å²) in [5.41, 5.74) is 5.59. The molecular formula is C34H29N3O6S2. The van der Waals surface area contributed by atoms with Gasteiger partial charge in [-0.1, -0.05) is 55.0 Å². The number of aliphatic hydroxyl groups excluding tert-OH is 1. The summed E-state index contributed by atoms with van der Waals surface area (Å²) < 4.78 is 6.83. The standard InChI is InChI=1S/C34H29N3O6S2/c38-18-22-9-12-24(13-10-22)37-27-8-4-7-25(27)26-15-23(11-14-28(26)37)16-29-31(40)36(19-43-20-39)33(44-29)30-32(41)35(34(42)45-30)17-21-5-2-1-3-6-21/h1-3,5-6,9-16,20,25,27,38H,4,7-8,17-19H2. The zero-order chi connectivity index (χ0) is 31.1. The third-order valence-corrected chi connectivity index (χ3v) is 10.8. The molecule has 7 rings (SSSR count). The fourth-order valence-electron chi connectivity index (χ4n) is 6.55. The number of thiazole rings is 1. The van der Waals surface area contributed by atoms with Gasteiger partial charge in [0.2, 0.25) is 0 Å². The van der Waals surface area contributed by atoms with E-state index < -0.39 is 16.7 Å². The molecule has 3 aromatic carbocycles. The van der Waals surface area contributed by atoms with Crippen LogP contribution in [0.3, 0.4) is 0 Å². The molecule has 1 aromatic heterocycles. The number of fused-ring (bicyclic) bond motifs is 3. The molecule has 1 aliphatic carbocycles. The lowest BCUT2D eigenvalue weighted by atomic mass is 9.96. The average Bonchev–Trinajstić information content (AvgIpc) is 3.80. The van der Waals surface area contributed by atoms with E-state index in [2.05, 4.69) is 29.2 Å². The van der Waals surface area contributed by atoms with Crippen LogP contribution in [0.2, 0.25) is 0 Å². The first-order valence-corrected chi connectivity index (χ1v) is 16.3. The molecule has 2 fully saturated rings. The van der Waals surface area contributed by atoms with E-state index in [4.69, 9.17) is 4.74 Å². The lowest BCUT2D eigenvalue weighted by Gasteiger charge is -2.27. The van der Waals surface area contributed by atoms with E-state index in [1.807, 2.05) is 48.5 Å². The van der Waals surface area contributed by atoms with Gasteiger partial charge in [0.05, 0.1) is 17.7 Å². The highest BCUT2D eigenvalue weighted by Gasteiger charge is 2.42. The largest absolute Gasteiger partial charge is 0.446 e. The van der Waals surface area contributed by atoms with Crippen molar-refractivity contribution in [2.24, 2.45) is 0 Å². The van der Waals surface area contributed by atoms with Crippen molar-refractivity contribution >= 4 is 63.1 Å². The number of carbonyl (C=O) groups is 3. The molecule has 0 bridgehead atoms. The van der Waals surface area contributed by atoms with Gasteiger partial charge in [-0.15, -0.1) is 11.3 Å². The van der Waals surface area contributed by atoms with Gasteiger partial charge in [0.25, 0.3) is 23.2 Å². The predicted octanol–water partition coefficient (Wildman–Crippen LogP) is 4.15. The smallest absolute Gasteiger partial charge is 0.294 e. The van der Waals surface area contributed by atoms with Crippen molar-refractivity contribution in [1.29, 1.82) is 0 Å². The second kappa shape index (κ2) is 12.2. The zero-order valence-electron chi connectivity index (χ0n) is 24.1. The second-order valence-corrected chi connectivity index (χ2v) is 13.2. The van der Waals surface area contributed by atoms with Crippen molar-refractivity contribution < 1.29 is 24.2 Å². The first-order chi connectivity index (χ1) is 22.0. The molecule has 228 valence electrons. The Bertz CT molecular complexity index is 1990. The summed E-state index contributed by atoms with van der Waals surface area (Å²) in [6, 6.07) is 23.8. The number of aromatic nitrogens is 1. The van der Waals surface area contributed by atoms with Crippen LogP contribution in [0, 0.1) is 0 Å². The lowest BCUT2D eigenvalue weighted by Crippen LogP contribution is -2.34. The fourth-order valence-corrected chi connectivity index (χ4v) is 8.66. The molecule has 1 N–H and O–H groups in total. The van der Waals surface area contributed by atoms with Crippen molar-refractivity contribution in [3.05, 3.63) is 115 Å². The number of nitrogens with zero attached hydrogens (tertiary/aromatic N) is 3. The molecule has 0 radical (unpaired) electrons. The number of benzene rings is 3. The first-order valence-electron chi connectivity index (χ1n) is 14.7. The minimum Gasteiger partial charge on any atom is -0.446 e. The van der Waals surface area contributed by atoms with Gasteiger partial charge in [-0.05, 0) is 77.2 Å². The van der Waals surface area contributed by atoms with Gasteiger partial charge in [-0.3, -0.25) is 28.6 Å². The van der Waals surface area contributed by atoms with Crippen molar-refractivity contribution in [3.63, 3.8) is 0 Å². The van der Waals surface area contributed by atoms with E-state index in [0.29, 0.717) is 16.5 Å². The Morgan fingerprint density at radius 2 is 1.76 bits per heavy atom. The third-order valence-electron chi connectivity index (χ3n) is 8.62. The number of carbonyl (C=O) groups excluding carboxylic acids is 3. The van der Waals surface area contributed by atoms with Crippen LogP contribution in [-0.4, -0.2) is 38.2 Å². The average molecular weight is 640 g/mol. The minimum atomic E-state index is -0.488. The van der Waals surface area contributed by atoms with Gasteiger partial charge in [0, 0.05) is 23.3 Å². The number of aliphatic hydroxyl groups is 1. The van der Waals surface area contributed by atoms with Crippen LogP contribution in [0.5, 0.6) is 0 Å². The topological polar surface area (TPSA) is 109 Å². The molecule has 3 heterocycles. The van der Waals surface area contributed by atoms with Gasteiger partial charge in [-0.25, -0.2) is 0 Å². The highest BCUT2D eigenvalue weighted by Crippen LogP contribution is 2.52. The minimum absolute atomic E-state index is 0.00384. The molecule has 45 heavy (non-hydrogen) atoms. The van der Waals surface area contributed by atoms with Gasteiger partial charge in [0.15, 0.2) is 6.73 Å². The Morgan fingerprint density at radius 1 is 0.956 bits per heavy atom. The molecule has 2 aliphatic heterocycles. The molecule has 1 saturated carbocycles. The van der Waals surface area contributed by atoms with Gasteiger partial charge in [0.1, 0.15) is 9.57 Å². The van der Waals surface area contributed by atoms with Gasteiger partial charge in [-0.2, -0.15) is 0 Å². The summed E-state index contributed by atoms with van der Waals surface area (Å²) in [5, 5.41) is 9.07. The lowest BCUT2D eigenvalue weighted by molar-refractivity contribution is -0.132. The van der Waals surface area contributed by atoms with Crippen LogP contribution in [-0.2, 0) is 34.2 Å². The predicted molar refractivity (Wildman–Crippen MR) is 173 cm³/mol. The van der Waals surface area contributed by atoms with Crippen molar-refractivity contribution in [3.8, 4) is 0 Å². The summed E-state index contributed by atoms with van der Waals surface area (Å²) in [5.74, 6) is -0.120. The second-order valence-electron chi connectivity index (χ2n) is 11.2. The Morgan fingerprint density at radius 3 is 2.51 bits per heavy atom. The molecule has 11 heteroatoms. The van der Waals surface area contributed by atoms with Crippen LogP contribution >= 0.6 is 23.1 Å². The summed E-state index contributed by atoms with van der Waals surface area (Å²) in [4.78, 5) is 54.7. The number of ether oxygens (including phenoxy) is 1. The molecule has 2 atom stereocenters. The molecule has 4 aromatic rings. The van der Waals surface area contributed by atoms with Crippen LogP contribution in [0.1, 0.15) is 47.4 Å². The van der Waals surface area contributed by atoms with Gasteiger partial charge >= 0.3 is 0 Å². The highest BCUT2D eigenvalue weighted by molar-refractivity contribution is 8.23. The molecule has 0 spiro atoms. The van der Waals surface area contributed by atoms with E-state index in [1.54, 1.807) is 6.08 Å². The Kier molecular flexibility index (Phi) is 7.90. The summed E-state index contributed by atoms with van der Waals surface area (Å²) in [6.07, 6.45) is 5.09. The van der Waals surface area contributed by atoms with Crippen LogP contribution in [0.4, 0.5) is 16.2 Å². The maximum absolute atomic E-state index is 13.6. The molecule has 2 unspecified atom stereocenters. The Labute approximate surface area is 266 Å².